The summed E-state index contributed by atoms with van der Waals surface area (Å²) in [6.07, 6.45) is 6.03. The van der Waals surface area contributed by atoms with E-state index in [4.69, 9.17) is 21.0 Å². The monoisotopic (exact) mass is 438 g/mol. The SMILES string of the molecule is NC(=O)Oc1c(-c2ccccc2)c(C2CC2)n2c1C(C1CCCCC1)N(OC(N)=O)CC2. The summed E-state index contributed by atoms with van der Waals surface area (Å²) in [5.74, 6) is 1.19. The van der Waals surface area contributed by atoms with Crippen LogP contribution in [-0.2, 0) is 11.4 Å². The van der Waals surface area contributed by atoms with Crippen molar-refractivity contribution in [3.8, 4) is 16.9 Å². The molecule has 3 aliphatic rings. The lowest BCUT2D eigenvalue weighted by Gasteiger charge is -2.41. The van der Waals surface area contributed by atoms with E-state index in [1.807, 2.05) is 30.3 Å². The van der Waals surface area contributed by atoms with E-state index in [0.29, 0.717) is 24.8 Å². The fraction of sp³-hybridized carbons (Fsp3) is 0.500. The average Bonchev–Trinajstić information content (AvgIpc) is 3.57. The number of rotatable bonds is 5. The number of nitrogens with two attached hydrogens (primary N) is 2. The van der Waals surface area contributed by atoms with Crippen molar-refractivity contribution in [2.45, 2.75) is 63.5 Å². The highest BCUT2D eigenvalue weighted by Crippen LogP contribution is 2.55. The minimum atomic E-state index is -0.840. The predicted octanol–water partition coefficient (Wildman–Crippen LogP) is 4.44. The number of hydrogen-bond donors (Lipinski definition) is 2. The van der Waals surface area contributed by atoms with Crippen LogP contribution < -0.4 is 16.2 Å². The van der Waals surface area contributed by atoms with Gasteiger partial charge in [0.15, 0.2) is 5.75 Å². The summed E-state index contributed by atoms with van der Waals surface area (Å²) in [5, 5.41) is 1.70. The molecule has 8 nitrogen and oxygen atoms in total. The van der Waals surface area contributed by atoms with E-state index in [-0.39, 0.29) is 12.0 Å². The summed E-state index contributed by atoms with van der Waals surface area (Å²) >= 11 is 0. The molecule has 0 spiro atoms. The van der Waals surface area contributed by atoms with Crippen LogP contribution in [-0.4, -0.2) is 28.4 Å². The summed E-state index contributed by atoms with van der Waals surface area (Å²) in [7, 11) is 0. The Hall–Kier alpha value is -3.00. The van der Waals surface area contributed by atoms with Gasteiger partial charge in [-0.25, -0.2) is 9.59 Å². The maximum atomic E-state index is 12.0. The molecule has 32 heavy (non-hydrogen) atoms. The van der Waals surface area contributed by atoms with Gasteiger partial charge < -0.3 is 25.6 Å². The van der Waals surface area contributed by atoms with Gasteiger partial charge in [0.25, 0.3) is 0 Å². The zero-order chi connectivity index (χ0) is 22.2. The van der Waals surface area contributed by atoms with Gasteiger partial charge in [0.1, 0.15) is 0 Å². The van der Waals surface area contributed by atoms with Gasteiger partial charge in [0.2, 0.25) is 0 Å². The molecule has 2 saturated carbocycles. The molecule has 5 rings (SSSR count). The number of hydroxylamine groups is 2. The molecule has 2 heterocycles. The largest absolute Gasteiger partial charge is 0.423 e. The third kappa shape index (κ3) is 3.83. The molecule has 2 aromatic rings. The first-order valence-electron chi connectivity index (χ1n) is 11.6. The minimum absolute atomic E-state index is 0.235. The third-order valence-corrected chi connectivity index (χ3v) is 6.96. The second-order valence-electron chi connectivity index (χ2n) is 9.08. The molecule has 1 unspecified atom stereocenters. The number of amides is 2. The van der Waals surface area contributed by atoms with E-state index in [1.54, 1.807) is 5.06 Å². The Bertz CT molecular complexity index is 1010. The Balaban J connectivity index is 1.73. The molecule has 0 bridgehead atoms. The van der Waals surface area contributed by atoms with Gasteiger partial charge in [0.05, 0.1) is 18.3 Å². The molecule has 4 N–H and O–H groups in total. The van der Waals surface area contributed by atoms with Crippen molar-refractivity contribution in [2.24, 2.45) is 17.4 Å². The highest BCUT2D eigenvalue weighted by molar-refractivity contribution is 5.81. The van der Waals surface area contributed by atoms with Crippen LogP contribution >= 0.6 is 0 Å². The van der Waals surface area contributed by atoms with Crippen LogP contribution in [0, 0.1) is 5.92 Å². The normalized spacial score (nSPS) is 21.7. The maximum Gasteiger partial charge on any atom is 0.423 e. The summed E-state index contributed by atoms with van der Waals surface area (Å²) in [4.78, 5) is 29.3. The molecule has 1 aromatic carbocycles. The van der Waals surface area contributed by atoms with Crippen LogP contribution in [0.4, 0.5) is 9.59 Å². The summed E-state index contributed by atoms with van der Waals surface area (Å²) in [5.41, 5.74) is 15.0. The Morgan fingerprint density at radius 2 is 1.59 bits per heavy atom. The van der Waals surface area contributed by atoms with E-state index in [0.717, 1.165) is 55.3 Å². The zero-order valence-electron chi connectivity index (χ0n) is 18.2. The van der Waals surface area contributed by atoms with Gasteiger partial charge in [-0.15, -0.1) is 5.06 Å². The number of ether oxygens (including phenoxy) is 1. The van der Waals surface area contributed by atoms with Gasteiger partial charge in [-0.1, -0.05) is 49.6 Å². The van der Waals surface area contributed by atoms with Crippen molar-refractivity contribution >= 4 is 12.2 Å². The van der Waals surface area contributed by atoms with Crippen LogP contribution in [0.25, 0.3) is 11.1 Å². The van der Waals surface area contributed by atoms with Gasteiger partial charge in [0, 0.05) is 23.7 Å². The smallest absolute Gasteiger partial charge is 0.408 e. The van der Waals surface area contributed by atoms with Crippen LogP contribution in [0.2, 0.25) is 0 Å². The lowest BCUT2D eigenvalue weighted by atomic mass is 9.81. The molecule has 170 valence electrons. The number of carbonyl (C=O) groups excluding carboxylic acids is 2. The standard InChI is InChI=1S/C24H30N4O4/c25-23(29)31-22-18(15-7-3-1-4-8-15)19(17-11-12-17)27-13-14-28(32-24(26)30)20(21(22)27)16-9-5-2-6-10-16/h1,3-4,7-8,16-17,20H,2,5-6,9-14H2,(H2,25,29)(H2,26,30). The van der Waals surface area contributed by atoms with Crippen molar-refractivity contribution in [1.82, 2.24) is 9.63 Å². The molecule has 1 aliphatic heterocycles. The maximum absolute atomic E-state index is 12.0. The van der Waals surface area contributed by atoms with Crippen molar-refractivity contribution in [1.29, 1.82) is 0 Å². The molecular weight excluding hydrogens is 408 g/mol. The lowest BCUT2D eigenvalue weighted by Crippen LogP contribution is -2.44. The molecule has 8 heteroatoms. The van der Waals surface area contributed by atoms with Gasteiger partial charge >= 0.3 is 12.2 Å². The highest BCUT2D eigenvalue weighted by Gasteiger charge is 2.45. The molecule has 2 fully saturated rings. The van der Waals surface area contributed by atoms with Gasteiger partial charge in [-0.3, -0.25) is 0 Å². The Morgan fingerprint density at radius 1 is 0.875 bits per heavy atom. The first kappa shape index (κ1) is 20.9. The lowest BCUT2D eigenvalue weighted by molar-refractivity contribution is -0.160. The summed E-state index contributed by atoms with van der Waals surface area (Å²) in [6, 6.07) is 9.78. The molecule has 0 saturated heterocycles. The Kier molecular flexibility index (Phi) is 5.55. The molecular formula is C24H30N4O4. The van der Waals surface area contributed by atoms with E-state index >= 15 is 0 Å². The second kappa shape index (κ2) is 8.50. The highest BCUT2D eigenvalue weighted by atomic mass is 16.7. The average molecular weight is 439 g/mol. The molecule has 2 aliphatic carbocycles. The topological polar surface area (TPSA) is 113 Å². The number of hydrogen-bond acceptors (Lipinski definition) is 5. The molecule has 0 radical (unpaired) electrons. The van der Waals surface area contributed by atoms with Gasteiger partial charge in [-0.05, 0) is 37.2 Å². The van der Waals surface area contributed by atoms with E-state index < -0.39 is 12.2 Å². The fourth-order valence-electron chi connectivity index (χ4n) is 5.64. The number of primary amides is 2. The van der Waals surface area contributed by atoms with E-state index in [1.165, 1.54) is 12.1 Å². The quantitative estimate of drug-likeness (QED) is 0.717. The van der Waals surface area contributed by atoms with Crippen LogP contribution in [0.3, 0.4) is 0 Å². The van der Waals surface area contributed by atoms with Crippen LogP contribution in [0.1, 0.15) is 68.3 Å². The van der Waals surface area contributed by atoms with Crippen molar-refractivity contribution in [3.63, 3.8) is 0 Å². The second-order valence-corrected chi connectivity index (χ2v) is 9.08. The number of carbonyl (C=O) groups is 2. The third-order valence-electron chi connectivity index (χ3n) is 6.96. The minimum Gasteiger partial charge on any atom is -0.408 e. The molecule has 1 atom stereocenters. The first-order chi connectivity index (χ1) is 15.5. The number of fused-ring (bicyclic) bond motifs is 1. The van der Waals surface area contributed by atoms with Crippen LogP contribution in [0.5, 0.6) is 5.75 Å². The van der Waals surface area contributed by atoms with Crippen molar-refractivity contribution in [3.05, 3.63) is 41.7 Å². The van der Waals surface area contributed by atoms with Gasteiger partial charge in [-0.2, -0.15) is 0 Å². The Morgan fingerprint density at radius 3 is 2.22 bits per heavy atom. The number of nitrogens with zero attached hydrogens (tertiary/aromatic N) is 2. The molecule has 1 aromatic heterocycles. The summed E-state index contributed by atoms with van der Waals surface area (Å²) < 4.78 is 8.05. The number of benzene rings is 1. The zero-order valence-corrected chi connectivity index (χ0v) is 18.2. The predicted molar refractivity (Wildman–Crippen MR) is 119 cm³/mol. The molecule has 2 amide bonds. The fourth-order valence-corrected chi connectivity index (χ4v) is 5.64. The summed E-state index contributed by atoms with van der Waals surface area (Å²) in [6.45, 7) is 1.16. The van der Waals surface area contributed by atoms with Crippen LogP contribution in [0.15, 0.2) is 30.3 Å². The number of aromatic nitrogens is 1. The Labute approximate surface area is 187 Å². The van der Waals surface area contributed by atoms with Crippen molar-refractivity contribution in [2.75, 3.05) is 6.54 Å². The first-order valence-corrected chi connectivity index (χ1v) is 11.6. The van der Waals surface area contributed by atoms with E-state index in [9.17, 15) is 9.59 Å². The van der Waals surface area contributed by atoms with Crippen molar-refractivity contribution < 1.29 is 19.2 Å². The van der Waals surface area contributed by atoms with E-state index in [2.05, 4.69) is 4.57 Å².